The van der Waals surface area contributed by atoms with E-state index in [1.807, 2.05) is 41.3 Å². The fourth-order valence-corrected chi connectivity index (χ4v) is 4.02. The first-order valence-corrected chi connectivity index (χ1v) is 10.7. The standard InChI is InChI=1S/C24H21ClN4O4/c25-21-16-19(26-23(30)18-7-4-8-20(15-18)29(32)33)9-10-22(21)27-11-13-28(14-12-27)24(31)17-5-2-1-3-6-17/h1-10,15-16H,11-14H2,(H,26,30). The lowest BCUT2D eigenvalue weighted by molar-refractivity contribution is -0.384. The number of nitro groups is 1. The molecule has 8 nitrogen and oxygen atoms in total. The summed E-state index contributed by atoms with van der Waals surface area (Å²) in [6, 6.07) is 19.9. The van der Waals surface area contributed by atoms with Gasteiger partial charge in [0, 0.05) is 55.1 Å². The molecule has 0 radical (unpaired) electrons. The predicted molar refractivity (Wildman–Crippen MR) is 127 cm³/mol. The molecule has 1 fully saturated rings. The molecule has 0 aliphatic carbocycles. The number of nitrogens with zero attached hydrogens (tertiary/aromatic N) is 3. The van der Waals surface area contributed by atoms with Gasteiger partial charge in [0.2, 0.25) is 0 Å². The first-order valence-electron chi connectivity index (χ1n) is 10.4. The second-order valence-corrected chi connectivity index (χ2v) is 7.98. The van der Waals surface area contributed by atoms with Gasteiger partial charge in [0.05, 0.1) is 15.6 Å². The number of carbonyl (C=O) groups is 2. The first-order chi connectivity index (χ1) is 15.9. The van der Waals surface area contributed by atoms with Gasteiger partial charge in [-0.15, -0.1) is 0 Å². The third kappa shape index (κ3) is 5.12. The minimum absolute atomic E-state index is 0.0144. The number of nitro benzene ring substituents is 1. The van der Waals surface area contributed by atoms with Crippen LogP contribution in [-0.2, 0) is 0 Å². The quantitative estimate of drug-likeness (QED) is 0.444. The van der Waals surface area contributed by atoms with Gasteiger partial charge < -0.3 is 15.1 Å². The normalized spacial score (nSPS) is 13.5. The maximum atomic E-state index is 12.6. The summed E-state index contributed by atoms with van der Waals surface area (Å²) < 4.78 is 0. The van der Waals surface area contributed by atoms with Crippen LogP contribution in [0.25, 0.3) is 0 Å². The summed E-state index contributed by atoms with van der Waals surface area (Å²) in [5, 5.41) is 14.1. The Morgan fingerprint density at radius 3 is 2.24 bits per heavy atom. The van der Waals surface area contributed by atoms with Crippen LogP contribution in [0.1, 0.15) is 20.7 Å². The monoisotopic (exact) mass is 464 g/mol. The Labute approximate surface area is 195 Å². The summed E-state index contributed by atoms with van der Waals surface area (Å²) in [6.07, 6.45) is 0. The Bertz CT molecular complexity index is 1190. The smallest absolute Gasteiger partial charge is 0.270 e. The number of hydrogen-bond acceptors (Lipinski definition) is 5. The van der Waals surface area contributed by atoms with E-state index in [2.05, 4.69) is 10.2 Å². The highest BCUT2D eigenvalue weighted by atomic mass is 35.5. The molecule has 0 spiro atoms. The molecule has 168 valence electrons. The summed E-state index contributed by atoms with van der Waals surface area (Å²) in [5.74, 6) is -0.448. The molecule has 1 saturated heterocycles. The number of anilines is 2. The molecule has 33 heavy (non-hydrogen) atoms. The third-order valence-electron chi connectivity index (χ3n) is 5.45. The van der Waals surface area contributed by atoms with E-state index in [0.29, 0.717) is 42.5 Å². The molecule has 2 amide bonds. The van der Waals surface area contributed by atoms with Crippen molar-refractivity contribution < 1.29 is 14.5 Å². The second-order valence-electron chi connectivity index (χ2n) is 7.57. The van der Waals surface area contributed by atoms with E-state index in [9.17, 15) is 19.7 Å². The third-order valence-corrected chi connectivity index (χ3v) is 5.76. The lowest BCUT2D eigenvalue weighted by Crippen LogP contribution is -2.48. The highest BCUT2D eigenvalue weighted by Crippen LogP contribution is 2.30. The molecule has 4 rings (SSSR count). The van der Waals surface area contributed by atoms with Gasteiger partial charge in [-0.3, -0.25) is 19.7 Å². The van der Waals surface area contributed by atoms with E-state index in [1.54, 1.807) is 12.1 Å². The van der Waals surface area contributed by atoms with Gasteiger partial charge in [-0.25, -0.2) is 0 Å². The number of nitrogens with one attached hydrogen (secondary N) is 1. The van der Waals surface area contributed by atoms with Crippen LogP contribution in [0.5, 0.6) is 0 Å². The Kier molecular flexibility index (Phi) is 6.55. The lowest BCUT2D eigenvalue weighted by atomic mass is 10.1. The molecular weight excluding hydrogens is 444 g/mol. The summed E-state index contributed by atoms with van der Waals surface area (Å²) in [6.45, 7) is 2.43. The number of non-ortho nitro benzene ring substituents is 1. The fraction of sp³-hybridized carbons (Fsp3) is 0.167. The number of piperazine rings is 1. The SMILES string of the molecule is O=C(Nc1ccc(N2CCN(C(=O)c3ccccc3)CC2)c(Cl)c1)c1cccc([N+](=O)[O-])c1. The highest BCUT2D eigenvalue weighted by Gasteiger charge is 2.23. The van der Waals surface area contributed by atoms with Gasteiger partial charge in [-0.05, 0) is 36.4 Å². The number of amides is 2. The zero-order chi connectivity index (χ0) is 23.4. The second kappa shape index (κ2) is 9.70. The topological polar surface area (TPSA) is 95.8 Å². The van der Waals surface area contributed by atoms with Crippen LogP contribution in [0.15, 0.2) is 72.8 Å². The van der Waals surface area contributed by atoms with E-state index in [4.69, 9.17) is 11.6 Å². The molecule has 0 unspecified atom stereocenters. The van der Waals surface area contributed by atoms with Crippen molar-refractivity contribution in [3.8, 4) is 0 Å². The van der Waals surface area contributed by atoms with Gasteiger partial charge in [-0.1, -0.05) is 35.9 Å². The Morgan fingerprint density at radius 2 is 1.58 bits per heavy atom. The van der Waals surface area contributed by atoms with Crippen molar-refractivity contribution in [1.82, 2.24) is 4.90 Å². The number of rotatable bonds is 5. The van der Waals surface area contributed by atoms with Crippen LogP contribution < -0.4 is 10.2 Å². The molecule has 0 saturated carbocycles. The van der Waals surface area contributed by atoms with Crippen molar-refractivity contribution in [2.75, 3.05) is 36.4 Å². The lowest BCUT2D eigenvalue weighted by Gasteiger charge is -2.36. The molecule has 1 aliphatic rings. The Morgan fingerprint density at radius 1 is 0.879 bits per heavy atom. The first kappa shape index (κ1) is 22.3. The molecule has 9 heteroatoms. The minimum Gasteiger partial charge on any atom is -0.367 e. The van der Waals surface area contributed by atoms with E-state index >= 15 is 0 Å². The molecule has 3 aromatic rings. The van der Waals surface area contributed by atoms with Crippen LogP contribution in [0.3, 0.4) is 0 Å². The molecule has 3 aromatic carbocycles. The molecule has 1 aliphatic heterocycles. The van der Waals surface area contributed by atoms with Gasteiger partial charge in [-0.2, -0.15) is 0 Å². The van der Waals surface area contributed by atoms with Crippen LogP contribution >= 0.6 is 11.6 Å². The van der Waals surface area contributed by atoms with Gasteiger partial charge in [0.1, 0.15) is 0 Å². The van der Waals surface area contributed by atoms with Crippen LogP contribution in [0.4, 0.5) is 17.1 Å². The summed E-state index contributed by atoms with van der Waals surface area (Å²) in [4.78, 5) is 39.4. The summed E-state index contributed by atoms with van der Waals surface area (Å²) in [5.41, 5.74) is 2.01. The highest BCUT2D eigenvalue weighted by molar-refractivity contribution is 6.33. The molecule has 1 N–H and O–H groups in total. The van der Waals surface area contributed by atoms with Crippen LogP contribution in [0.2, 0.25) is 5.02 Å². The average Bonchev–Trinajstić information content (AvgIpc) is 2.84. The van der Waals surface area contributed by atoms with E-state index in [0.717, 1.165) is 5.69 Å². The van der Waals surface area contributed by atoms with Crippen molar-refractivity contribution in [1.29, 1.82) is 0 Å². The van der Waals surface area contributed by atoms with Crippen molar-refractivity contribution in [2.45, 2.75) is 0 Å². The van der Waals surface area contributed by atoms with E-state index in [-0.39, 0.29) is 17.2 Å². The number of carbonyl (C=O) groups excluding carboxylic acids is 2. The van der Waals surface area contributed by atoms with Crippen molar-refractivity contribution in [3.63, 3.8) is 0 Å². The average molecular weight is 465 g/mol. The zero-order valence-electron chi connectivity index (χ0n) is 17.6. The molecular formula is C24H21ClN4O4. The fourth-order valence-electron chi connectivity index (χ4n) is 3.72. The van der Waals surface area contributed by atoms with Crippen LogP contribution in [-0.4, -0.2) is 47.8 Å². The maximum Gasteiger partial charge on any atom is 0.270 e. The largest absolute Gasteiger partial charge is 0.367 e. The molecule has 1 heterocycles. The van der Waals surface area contributed by atoms with Crippen molar-refractivity contribution in [3.05, 3.63) is 99.1 Å². The van der Waals surface area contributed by atoms with E-state index in [1.165, 1.54) is 24.3 Å². The molecule has 0 aromatic heterocycles. The van der Waals surface area contributed by atoms with Gasteiger partial charge in [0.15, 0.2) is 0 Å². The number of hydrogen-bond donors (Lipinski definition) is 1. The number of halogens is 1. The molecule has 0 atom stereocenters. The van der Waals surface area contributed by atoms with Crippen molar-refractivity contribution >= 4 is 40.5 Å². The van der Waals surface area contributed by atoms with Gasteiger partial charge >= 0.3 is 0 Å². The maximum absolute atomic E-state index is 12.6. The zero-order valence-corrected chi connectivity index (χ0v) is 18.4. The van der Waals surface area contributed by atoms with Crippen LogP contribution in [0, 0.1) is 10.1 Å². The summed E-state index contributed by atoms with van der Waals surface area (Å²) in [7, 11) is 0. The number of benzene rings is 3. The summed E-state index contributed by atoms with van der Waals surface area (Å²) >= 11 is 6.49. The Balaban J connectivity index is 1.39. The minimum atomic E-state index is -0.546. The Hall–Kier alpha value is -3.91. The predicted octanol–water partition coefficient (Wildman–Crippen LogP) is 4.46. The van der Waals surface area contributed by atoms with Gasteiger partial charge in [0.25, 0.3) is 17.5 Å². The molecule has 0 bridgehead atoms. The van der Waals surface area contributed by atoms with E-state index < -0.39 is 10.8 Å². The van der Waals surface area contributed by atoms with Crippen molar-refractivity contribution in [2.24, 2.45) is 0 Å².